The molecule has 1 aromatic carbocycles. The van der Waals surface area contributed by atoms with E-state index in [1.54, 1.807) is 14.2 Å². The zero-order chi connectivity index (χ0) is 14.3. The highest BCUT2D eigenvalue weighted by molar-refractivity contribution is 5.54. The number of hydrogen-bond acceptors (Lipinski definition) is 5. The summed E-state index contributed by atoms with van der Waals surface area (Å²) in [7, 11) is 3.13. The Morgan fingerprint density at radius 3 is 2.21 bits per heavy atom. The molecule has 1 N–H and O–H groups in total. The number of benzene rings is 1. The van der Waals surface area contributed by atoms with Gasteiger partial charge in [-0.25, -0.2) is 0 Å². The van der Waals surface area contributed by atoms with Gasteiger partial charge in [0, 0.05) is 12.6 Å². The van der Waals surface area contributed by atoms with Gasteiger partial charge in [-0.15, -0.1) is 0 Å². The second kappa shape index (κ2) is 7.49. The first-order chi connectivity index (χ1) is 9.12. The van der Waals surface area contributed by atoms with E-state index in [1.165, 1.54) is 0 Å². The number of nitriles is 1. The van der Waals surface area contributed by atoms with Crippen molar-refractivity contribution in [1.29, 1.82) is 5.26 Å². The van der Waals surface area contributed by atoms with Crippen molar-refractivity contribution in [1.82, 2.24) is 5.32 Å². The molecule has 0 aliphatic heterocycles. The highest BCUT2D eigenvalue weighted by Crippen LogP contribution is 2.38. The second-order valence-corrected chi connectivity index (χ2v) is 4.31. The van der Waals surface area contributed by atoms with Crippen LogP contribution in [0, 0.1) is 11.3 Å². The third kappa shape index (κ3) is 4.34. The van der Waals surface area contributed by atoms with E-state index in [0.29, 0.717) is 29.8 Å². The molecule has 5 heteroatoms. The first kappa shape index (κ1) is 15.1. The SMILES string of the molecule is COc1cc(CNC(C)C)cc(OC)c1OCC#N. The van der Waals surface area contributed by atoms with Crippen LogP contribution in [0.25, 0.3) is 0 Å². The number of ether oxygens (including phenoxy) is 3. The van der Waals surface area contributed by atoms with Crippen molar-refractivity contribution < 1.29 is 14.2 Å². The molecule has 0 bridgehead atoms. The van der Waals surface area contributed by atoms with Crippen LogP contribution in [0.15, 0.2) is 12.1 Å². The van der Waals surface area contributed by atoms with Crippen molar-refractivity contribution in [3.8, 4) is 23.3 Å². The topological polar surface area (TPSA) is 63.5 Å². The molecule has 0 amide bonds. The van der Waals surface area contributed by atoms with E-state index in [4.69, 9.17) is 19.5 Å². The van der Waals surface area contributed by atoms with E-state index in [1.807, 2.05) is 18.2 Å². The van der Waals surface area contributed by atoms with Crippen LogP contribution >= 0.6 is 0 Å². The van der Waals surface area contributed by atoms with Crippen LogP contribution < -0.4 is 19.5 Å². The highest BCUT2D eigenvalue weighted by atomic mass is 16.5. The van der Waals surface area contributed by atoms with Crippen LogP contribution in [0.4, 0.5) is 0 Å². The summed E-state index contributed by atoms with van der Waals surface area (Å²) >= 11 is 0. The van der Waals surface area contributed by atoms with E-state index in [2.05, 4.69) is 19.2 Å². The van der Waals surface area contributed by atoms with Gasteiger partial charge in [0.2, 0.25) is 5.75 Å². The molecule has 0 saturated carbocycles. The third-order valence-corrected chi connectivity index (χ3v) is 2.52. The zero-order valence-corrected chi connectivity index (χ0v) is 11.8. The van der Waals surface area contributed by atoms with E-state index in [0.717, 1.165) is 5.56 Å². The number of rotatable bonds is 7. The van der Waals surface area contributed by atoms with Gasteiger partial charge in [0.15, 0.2) is 18.1 Å². The van der Waals surface area contributed by atoms with Crippen molar-refractivity contribution in [3.05, 3.63) is 17.7 Å². The molecule has 5 nitrogen and oxygen atoms in total. The monoisotopic (exact) mass is 264 g/mol. The first-order valence-electron chi connectivity index (χ1n) is 6.10. The Kier molecular flexibility index (Phi) is 5.97. The third-order valence-electron chi connectivity index (χ3n) is 2.52. The molecule has 1 aromatic rings. The lowest BCUT2D eigenvalue weighted by Crippen LogP contribution is -2.21. The Bertz CT molecular complexity index is 427. The fourth-order valence-corrected chi connectivity index (χ4v) is 1.60. The zero-order valence-electron chi connectivity index (χ0n) is 11.8. The Morgan fingerprint density at radius 2 is 1.79 bits per heavy atom. The van der Waals surface area contributed by atoms with Gasteiger partial charge >= 0.3 is 0 Å². The van der Waals surface area contributed by atoms with Gasteiger partial charge in [-0.05, 0) is 17.7 Å². The van der Waals surface area contributed by atoms with E-state index in [-0.39, 0.29) is 6.61 Å². The minimum absolute atomic E-state index is 0.0453. The van der Waals surface area contributed by atoms with Gasteiger partial charge < -0.3 is 19.5 Å². The molecule has 0 spiro atoms. The van der Waals surface area contributed by atoms with Crippen molar-refractivity contribution in [2.75, 3.05) is 20.8 Å². The number of nitrogens with zero attached hydrogens (tertiary/aromatic N) is 1. The molecule has 0 saturated heterocycles. The van der Waals surface area contributed by atoms with Gasteiger partial charge in [0.1, 0.15) is 6.07 Å². The molecular weight excluding hydrogens is 244 g/mol. The molecule has 19 heavy (non-hydrogen) atoms. The highest BCUT2D eigenvalue weighted by Gasteiger charge is 2.14. The van der Waals surface area contributed by atoms with E-state index in [9.17, 15) is 0 Å². The standard InChI is InChI=1S/C14H20N2O3/c1-10(2)16-9-11-7-12(17-3)14(19-6-5-15)13(8-11)18-4/h7-8,10,16H,6,9H2,1-4H3. The fraction of sp³-hybridized carbons (Fsp3) is 0.500. The lowest BCUT2D eigenvalue weighted by molar-refractivity contribution is 0.303. The Balaban J connectivity index is 3.02. The molecule has 0 fully saturated rings. The van der Waals surface area contributed by atoms with E-state index < -0.39 is 0 Å². The number of nitrogens with one attached hydrogen (secondary N) is 1. The summed E-state index contributed by atoms with van der Waals surface area (Å²) in [6.45, 7) is 4.83. The summed E-state index contributed by atoms with van der Waals surface area (Å²) in [6, 6.07) is 6.08. The quantitative estimate of drug-likeness (QED) is 0.817. The summed E-state index contributed by atoms with van der Waals surface area (Å²) < 4.78 is 15.9. The second-order valence-electron chi connectivity index (χ2n) is 4.31. The van der Waals surface area contributed by atoms with Crippen LogP contribution in [-0.2, 0) is 6.54 Å². The summed E-state index contributed by atoms with van der Waals surface area (Å²) in [6.07, 6.45) is 0. The maximum atomic E-state index is 8.59. The maximum Gasteiger partial charge on any atom is 0.204 e. The number of hydrogen-bond donors (Lipinski definition) is 1. The maximum absolute atomic E-state index is 8.59. The summed E-state index contributed by atoms with van der Waals surface area (Å²) in [5.41, 5.74) is 1.03. The fourth-order valence-electron chi connectivity index (χ4n) is 1.60. The van der Waals surface area contributed by atoms with Gasteiger partial charge in [0.25, 0.3) is 0 Å². The van der Waals surface area contributed by atoms with Crippen LogP contribution in [0.5, 0.6) is 17.2 Å². The molecule has 0 aromatic heterocycles. The summed E-state index contributed by atoms with van der Waals surface area (Å²) in [4.78, 5) is 0. The van der Waals surface area contributed by atoms with Gasteiger partial charge in [-0.3, -0.25) is 0 Å². The van der Waals surface area contributed by atoms with Crippen molar-refractivity contribution in [2.45, 2.75) is 26.4 Å². The van der Waals surface area contributed by atoms with Gasteiger partial charge in [0.05, 0.1) is 14.2 Å². The van der Waals surface area contributed by atoms with Gasteiger partial charge in [-0.2, -0.15) is 5.26 Å². The van der Waals surface area contributed by atoms with Crippen LogP contribution in [0.1, 0.15) is 19.4 Å². The molecule has 0 atom stereocenters. The predicted molar refractivity (Wildman–Crippen MR) is 72.6 cm³/mol. The Hall–Kier alpha value is -1.93. The molecule has 104 valence electrons. The average Bonchev–Trinajstić information content (AvgIpc) is 2.42. The molecule has 0 aliphatic rings. The molecular formula is C14H20N2O3. The lowest BCUT2D eigenvalue weighted by Gasteiger charge is -2.15. The molecule has 0 aliphatic carbocycles. The summed E-state index contributed by atoms with van der Waals surface area (Å²) in [5, 5.41) is 11.9. The van der Waals surface area contributed by atoms with Gasteiger partial charge in [-0.1, -0.05) is 13.8 Å². The van der Waals surface area contributed by atoms with Crippen LogP contribution in [-0.4, -0.2) is 26.9 Å². The smallest absolute Gasteiger partial charge is 0.204 e. The summed E-state index contributed by atoms with van der Waals surface area (Å²) in [5.74, 6) is 1.59. The molecule has 0 unspecified atom stereocenters. The Morgan fingerprint density at radius 1 is 1.21 bits per heavy atom. The average molecular weight is 264 g/mol. The molecule has 0 heterocycles. The van der Waals surface area contributed by atoms with Crippen LogP contribution in [0.3, 0.4) is 0 Å². The lowest BCUT2D eigenvalue weighted by atomic mass is 10.1. The van der Waals surface area contributed by atoms with Crippen molar-refractivity contribution in [2.24, 2.45) is 0 Å². The molecule has 1 rings (SSSR count). The van der Waals surface area contributed by atoms with E-state index >= 15 is 0 Å². The minimum Gasteiger partial charge on any atom is -0.493 e. The Labute approximate surface area is 114 Å². The largest absolute Gasteiger partial charge is 0.493 e. The normalized spacial score (nSPS) is 10.1. The first-order valence-corrected chi connectivity index (χ1v) is 6.10. The number of methoxy groups -OCH3 is 2. The molecule has 0 radical (unpaired) electrons. The van der Waals surface area contributed by atoms with Crippen molar-refractivity contribution in [3.63, 3.8) is 0 Å². The van der Waals surface area contributed by atoms with Crippen molar-refractivity contribution >= 4 is 0 Å². The minimum atomic E-state index is -0.0453. The van der Waals surface area contributed by atoms with Crippen LogP contribution in [0.2, 0.25) is 0 Å². The predicted octanol–water partition coefficient (Wildman–Crippen LogP) is 2.10.